The van der Waals surface area contributed by atoms with Gasteiger partial charge in [-0.3, -0.25) is 9.59 Å². The zero-order valence-corrected chi connectivity index (χ0v) is 14.3. The highest BCUT2D eigenvalue weighted by atomic mass is 35.5. The molecule has 0 aliphatic rings. The van der Waals surface area contributed by atoms with E-state index in [1.54, 1.807) is 24.3 Å². The van der Waals surface area contributed by atoms with Gasteiger partial charge in [-0.2, -0.15) is 0 Å². The Bertz CT molecular complexity index is 904. The maximum absolute atomic E-state index is 12.0. The molecular formula is C19H18ClN3O2. The maximum Gasteiger partial charge on any atom is 0.251 e. The van der Waals surface area contributed by atoms with E-state index >= 15 is 0 Å². The number of hydrogen-bond donors (Lipinski definition) is 3. The highest BCUT2D eigenvalue weighted by Crippen LogP contribution is 2.17. The molecule has 0 fully saturated rings. The summed E-state index contributed by atoms with van der Waals surface area (Å²) in [5, 5.41) is 7.03. The van der Waals surface area contributed by atoms with Gasteiger partial charge in [0.2, 0.25) is 5.91 Å². The first-order valence-corrected chi connectivity index (χ1v) is 8.37. The van der Waals surface area contributed by atoms with Gasteiger partial charge in [0.25, 0.3) is 5.91 Å². The number of rotatable bonds is 6. The summed E-state index contributed by atoms with van der Waals surface area (Å²) in [5.74, 6) is -0.551. The van der Waals surface area contributed by atoms with Crippen molar-refractivity contribution in [2.24, 2.45) is 0 Å². The van der Waals surface area contributed by atoms with Crippen molar-refractivity contribution in [1.82, 2.24) is 15.6 Å². The van der Waals surface area contributed by atoms with Gasteiger partial charge in [0.05, 0.1) is 6.54 Å². The van der Waals surface area contributed by atoms with E-state index in [1.807, 2.05) is 30.5 Å². The van der Waals surface area contributed by atoms with Gasteiger partial charge < -0.3 is 15.6 Å². The Morgan fingerprint density at radius 1 is 1.04 bits per heavy atom. The molecule has 3 aromatic rings. The average Bonchev–Trinajstić information content (AvgIpc) is 3.03. The SMILES string of the molecule is O=C(CNC(=O)c1cccc(Cl)c1)NCCc1c[nH]c2ccccc12. The van der Waals surface area contributed by atoms with Crippen LogP contribution in [0, 0.1) is 0 Å². The van der Waals surface area contributed by atoms with Crippen molar-refractivity contribution in [1.29, 1.82) is 0 Å². The third kappa shape index (κ3) is 4.39. The Hall–Kier alpha value is -2.79. The maximum atomic E-state index is 12.0. The van der Waals surface area contributed by atoms with Crippen LogP contribution in [0.2, 0.25) is 5.02 Å². The number of para-hydroxylation sites is 1. The summed E-state index contributed by atoms with van der Waals surface area (Å²) in [7, 11) is 0. The molecule has 128 valence electrons. The Kier molecular flexibility index (Phi) is 5.36. The third-order valence-corrected chi connectivity index (χ3v) is 4.12. The van der Waals surface area contributed by atoms with Crippen molar-refractivity contribution in [3.63, 3.8) is 0 Å². The Balaban J connectivity index is 1.44. The number of fused-ring (bicyclic) bond motifs is 1. The van der Waals surface area contributed by atoms with Crippen molar-refractivity contribution < 1.29 is 9.59 Å². The molecule has 0 spiro atoms. The molecule has 0 radical (unpaired) electrons. The lowest BCUT2D eigenvalue weighted by Gasteiger charge is -2.07. The van der Waals surface area contributed by atoms with Crippen LogP contribution >= 0.6 is 11.6 Å². The smallest absolute Gasteiger partial charge is 0.251 e. The topological polar surface area (TPSA) is 74.0 Å². The van der Waals surface area contributed by atoms with Crippen LogP contribution in [-0.2, 0) is 11.2 Å². The van der Waals surface area contributed by atoms with E-state index < -0.39 is 0 Å². The fourth-order valence-corrected chi connectivity index (χ4v) is 2.82. The molecule has 25 heavy (non-hydrogen) atoms. The van der Waals surface area contributed by atoms with E-state index in [9.17, 15) is 9.59 Å². The van der Waals surface area contributed by atoms with Gasteiger partial charge in [-0.25, -0.2) is 0 Å². The van der Waals surface area contributed by atoms with Crippen LogP contribution < -0.4 is 10.6 Å². The van der Waals surface area contributed by atoms with Gasteiger partial charge >= 0.3 is 0 Å². The first-order chi connectivity index (χ1) is 12.1. The molecule has 0 aliphatic carbocycles. The number of halogens is 1. The van der Waals surface area contributed by atoms with Gasteiger partial charge in [-0.05, 0) is 36.2 Å². The number of nitrogens with one attached hydrogen (secondary N) is 3. The first-order valence-electron chi connectivity index (χ1n) is 7.99. The lowest BCUT2D eigenvalue weighted by Crippen LogP contribution is -2.37. The number of amides is 2. The van der Waals surface area contributed by atoms with E-state index in [2.05, 4.69) is 15.6 Å². The number of benzene rings is 2. The average molecular weight is 356 g/mol. The van der Waals surface area contributed by atoms with Crippen LogP contribution in [0.1, 0.15) is 15.9 Å². The number of carbonyl (C=O) groups is 2. The van der Waals surface area contributed by atoms with E-state index in [0.717, 1.165) is 22.9 Å². The van der Waals surface area contributed by atoms with Crippen molar-refractivity contribution >= 4 is 34.3 Å². The summed E-state index contributed by atoms with van der Waals surface area (Å²) in [6, 6.07) is 14.6. The molecule has 2 amide bonds. The predicted molar refractivity (Wildman–Crippen MR) is 98.8 cm³/mol. The summed E-state index contributed by atoms with van der Waals surface area (Å²) in [4.78, 5) is 27.0. The monoisotopic (exact) mass is 355 g/mol. The van der Waals surface area contributed by atoms with Gasteiger partial charge in [0, 0.05) is 34.2 Å². The minimum absolute atomic E-state index is 0.0702. The molecule has 6 heteroatoms. The van der Waals surface area contributed by atoms with E-state index in [4.69, 9.17) is 11.6 Å². The lowest BCUT2D eigenvalue weighted by atomic mass is 10.1. The second kappa shape index (κ2) is 7.85. The number of aromatic nitrogens is 1. The minimum atomic E-state index is -0.325. The summed E-state index contributed by atoms with van der Waals surface area (Å²) in [6.45, 7) is 0.437. The standard InChI is InChI=1S/C19H18ClN3O2/c20-15-5-3-4-13(10-15)19(25)23-12-18(24)21-9-8-14-11-22-17-7-2-1-6-16(14)17/h1-7,10-11,22H,8-9,12H2,(H,21,24)(H,23,25). The van der Waals surface area contributed by atoms with Crippen LogP contribution in [-0.4, -0.2) is 29.9 Å². The van der Waals surface area contributed by atoms with Gasteiger partial charge in [0.15, 0.2) is 0 Å². The highest BCUT2D eigenvalue weighted by Gasteiger charge is 2.09. The zero-order valence-electron chi connectivity index (χ0n) is 13.5. The number of hydrogen-bond acceptors (Lipinski definition) is 2. The molecule has 2 aromatic carbocycles. The predicted octanol–water partition coefficient (Wildman–Crippen LogP) is 2.91. The molecule has 1 heterocycles. The molecule has 0 aliphatic heterocycles. The molecule has 0 saturated carbocycles. The molecular weight excluding hydrogens is 338 g/mol. The molecule has 5 nitrogen and oxygen atoms in total. The molecule has 1 aromatic heterocycles. The van der Waals surface area contributed by atoms with Crippen LogP contribution in [0.4, 0.5) is 0 Å². The summed E-state index contributed by atoms with van der Waals surface area (Å²) in [5.41, 5.74) is 2.66. The Morgan fingerprint density at radius 2 is 1.88 bits per heavy atom. The Morgan fingerprint density at radius 3 is 2.72 bits per heavy atom. The van der Waals surface area contributed by atoms with Crippen molar-refractivity contribution in [2.45, 2.75) is 6.42 Å². The highest BCUT2D eigenvalue weighted by molar-refractivity contribution is 6.30. The second-order valence-corrected chi connectivity index (χ2v) is 6.09. The van der Waals surface area contributed by atoms with Gasteiger partial charge in [0.1, 0.15) is 0 Å². The summed E-state index contributed by atoms with van der Waals surface area (Å²) < 4.78 is 0. The van der Waals surface area contributed by atoms with Crippen LogP contribution in [0.25, 0.3) is 10.9 Å². The zero-order chi connectivity index (χ0) is 17.6. The summed E-state index contributed by atoms with van der Waals surface area (Å²) >= 11 is 5.85. The second-order valence-electron chi connectivity index (χ2n) is 5.65. The molecule has 3 rings (SSSR count). The van der Waals surface area contributed by atoms with Crippen molar-refractivity contribution in [3.05, 3.63) is 70.9 Å². The largest absolute Gasteiger partial charge is 0.361 e. The van der Waals surface area contributed by atoms with Gasteiger partial charge in [-0.15, -0.1) is 0 Å². The molecule has 3 N–H and O–H groups in total. The number of carbonyl (C=O) groups excluding carboxylic acids is 2. The lowest BCUT2D eigenvalue weighted by molar-refractivity contribution is -0.120. The number of aromatic amines is 1. The molecule has 0 bridgehead atoms. The minimum Gasteiger partial charge on any atom is -0.361 e. The van der Waals surface area contributed by atoms with Crippen LogP contribution in [0.5, 0.6) is 0 Å². The van der Waals surface area contributed by atoms with E-state index in [0.29, 0.717) is 17.1 Å². The fourth-order valence-electron chi connectivity index (χ4n) is 2.63. The van der Waals surface area contributed by atoms with E-state index in [1.165, 1.54) is 0 Å². The normalized spacial score (nSPS) is 10.6. The van der Waals surface area contributed by atoms with Crippen LogP contribution in [0.3, 0.4) is 0 Å². The fraction of sp³-hybridized carbons (Fsp3) is 0.158. The third-order valence-electron chi connectivity index (χ3n) is 3.89. The molecule has 0 unspecified atom stereocenters. The first kappa shape index (κ1) is 17.0. The van der Waals surface area contributed by atoms with Crippen molar-refractivity contribution in [2.75, 3.05) is 13.1 Å². The quantitative estimate of drug-likeness (QED) is 0.636. The van der Waals surface area contributed by atoms with Crippen LogP contribution in [0.15, 0.2) is 54.7 Å². The summed E-state index contributed by atoms with van der Waals surface area (Å²) in [6.07, 6.45) is 2.68. The molecule has 0 saturated heterocycles. The van der Waals surface area contributed by atoms with E-state index in [-0.39, 0.29) is 18.4 Å². The molecule has 0 atom stereocenters. The Labute approximate surface area is 150 Å². The van der Waals surface area contributed by atoms with Crippen molar-refractivity contribution in [3.8, 4) is 0 Å². The van der Waals surface area contributed by atoms with Gasteiger partial charge in [-0.1, -0.05) is 35.9 Å². The number of H-pyrrole nitrogens is 1.